The molecule has 0 amide bonds. The van der Waals surface area contributed by atoms with E-state index in [2.05, 4.69) is 0 Å². The first-order valence-corrected chi connectivity index (χ1v) is 6.83. The van der Waals surface area contributed by atoms with E-state index in [1.807, 2.05) is 19.1 Å². The second-order valence-corrected chi connectivity index (χ2v) is 5.47. The molecule has 1 aromatic heterocycles. The standard InChI is InChI=1S/C15H15ClN2O2/c1-9-4-14(19)18(8-13(9)17)7-11-6-12(16)5-10-2-3-20-15(10)11/h4-6,8H,2-3,7,17H2,1H3. The van der Waals surface area contributed by atoms with Crippen LogP contribution in [0.5, 0.6) is 5.75 Å². The predicted molar refractivity (Wildman–Crippen MR) is 79.6 cm³/mol. The Balaban J connectivity index is 2.04. The van der Waals surface area contributed by atoms with Gasteiger partial charge in [0.25, 0.3) is 5.56 Å². The summed E-state index contributed by atoms with van der Waals surface area (Å²) in [6, 6.07) is 5.30. The first kappa shape index (κ1) is 13.1. The van der Waals surface area contributed by atoms with E-state index >= 15 is 0 Å². The number of nitrogens with two attached hydrogens (primary N) is 1. The van der Waals surface area contributed by atoms with Gasteiger partial charge in [-0.05, 0) is 30.2 Å². The Morgan fingerprint density at radius 1 is 1.40 bits per heavy atom. The summed E-state index contributed by atoms with van der Waals surface area (Å²) in [5.41, 5.74) is 9.19. The fourth-order valence-electron chi connectivity index (χ4n) is 2.46. The zero-order valence-electron chi connectivity index (χ0n) is 11.1. The van der Waals surface area contributed by atoms with E-state index in [-0.39, 0.29) is 5.56 Å². The first-order valence-electron chi connectivity index (χ1n) is 6.45. The Hall–Kier alpha value is -1.94. The fraction of sp³-hybridized carbons (Fsp3) is 0.267. The molecular weight excluding hydrogens is 276 g/mol. The van der Waals surface area contributed by atoms with Gasteiger partial charge < -0.3 is 15.0 Å². The number of fused-ring (bicyclic) bond motifs is 1. The lowest BCUT2D eigenvalue weighted by Crippen LogP contribution is -2.21. The molecule has 2 N–H and O–H groups in total. The molecule has 3 rings (SSSR count). The van der Waals surface area contributed by atoms with Gasteiger partial charge in [0.05, 0.1) is 18.8 Å². The molecule has 0 saturated carbocycles. The number of nitrogens with zero attached hydrogens (tertiary/aromatic N) is 1. The molecule has 4 nitrogen and oxygen atoms in total. The fourth-order valence-corrected chi connectivity index (χ4v) is 2.72. The third-order valence-corrected chi connectivity index (χ3v) is 3.76. The monoisotopic (exact) mass is 290 g/mol. The van der Waals surface area contributed by atoms with Gasteiger partial charge in [-0.1, -0.05) is 11.6 Å². The van der Waals surface area contributed by atoms with Crippen LogP contribution in [0, 0.1) is 6.92 Å². The van der Waals surface area contributed by atoms with E-state index in [4.69, 9.17) is 22.1 Å². The lowest BCUT2D eigenvalue weighted by molar-refractivity contribution is 0.352. The Morgan fingerprint density at radius 2 is 2.20 bits per heavy atom. The number of ether oxygens (including phenoxy) is 1. The molecule has 0 radical (unpaired) electrons. The zero-order chi connectivity index (χ0) is 14.3. The number of halogens is 1. The SMILES string of the molecule is Cc1cc(=O)n(Cc2cc(Cl)cc3c2OCC3)cc1N. The number of pyridine rings is 1. The van der Waals surface area contributed by atoms with Crippen molar-refractivity contribution in [3.05, 3.63) is 56.5 Å². The van der Waals surface area contributed by atoms with Crippen molar-refractivity contribution in [3.63, 3.8) is 0 Å². The molecule has 0 bridgehead atoms. The van der Waals surface area contributed by atoms with E-state index in [9.17, 15) is 4.79 Å². The third kappa shape index (κ3) is 2.27. The normalized spacial score (nSPS) is 13.1. The predicted octanol–water partition coefficient (Wildman–Crippen LogP) is 2.38. The van der Waals surface area contributed by atoms with Crippen LogP contribution >= 0.6 is 11.6 Å². The highest BCUT2D eigenvalue weighted by Crippen LogP contribution is 2.33. The lowest BCUT2D eigenvalue weighted by atomic mass is 10.1. The quantitative estimate of drug-likeness (QED) is 0.924. The second-order valence-electron chi connectivity index (χ2n) is 5.03. The van der Waals surface area contributed by atoms with Gasteiger partial charge in [-0.3, -0.25) is 4.79 Å². The molecule has 2 heterocycles. The molecule has 5 heteroatoms. The summed E-state index contributed by atoms with van der Waals surface area (Å²) < 4.78 is 7.22. The summed E-state index contributed by atoms with van der Waals surface area (Å²) in [6.45, 7) is 2.89. The zero-order valence-corrected chi connectivity index (χ0v) is 11.9. The molecule has 0 aliphatic carbocycles. The highest BCUT2D eigenvalue weighted by Gasteiger charge is 2.18. The summed E-state index contributed by atoms with van der Waals surface area (Å²) in [7, 11) is 0. The summed E-state index contributed by atoms with van der Waals surface area (Å²) in [5, 5.41) is 0.664. The summed E-state index contributed by atoms with van der Waals surface area (Å²) in [6.07, 6.45) is 2.52. The van der Waals surface area contributed by atoms with Crippen molar-refractivity contribution in [1.82, 2.24) is 4.57 Å². The van der Waals surface area contributed by atoms with Crippen molar-refractivity contribution in [2.45, 2.75) is 19.9 Å². The van der Waals surface area contributed by atoms with E-state index in [1.54, 1.807) is 16.8 Å². The van der Waals surface area contributed by atoms with Crippen molar-refractivity contribution in [2.24, 2.45) is 0 Å². The van der Waals surface area contributed by atoms with Crippen LogP contribution < -0.4 is 16.0 Å². The average Bonchev–Trinajstić information content (AvgIpc) is 2.84. The molecule has 0 spiro atoms. The Morgan fingerprint density at radius 3 is 3.00 bits per heavy atom. The number of nitrogen functional groups attached to an aromatic ring is 1. The number of benzene rings is 1. The van der Waals surface area contributed by atoms with Crippen LogP contribution in [-0.2, 0) is 13.0 Å². The Kier molecular flexibility index (Phi) is 3.18. The van der Waals surface area contributed by atoms with Crippen LogP contribution in [0.15, 0.2) is 29.2 Å². The number of hydrogen-bond acceptors (Lipinski definition) is 3. The van der Waals surface area contributed by atoms with E-state index in [0.717, 1.165) is 28.9 Å². The molecule has 0 fully saturated rings. The minimum Gasteiger partial charge on any atom is -0.493 e. The molecule has 0 atom stereocenters. The van der Waals surface area contributed by atoms with Gasteiger partial charge in [0.1, 0.15) is 5.75 Å². The number of rotatable bonds is 2. The molecule has 20 heavy (non-hydrogen) atoms. The maximum atomic E-state index is 12.0. The van der Waals surface area contributed by atoms with Gasteiger partial charge in [-0.15, -0.1) is 0 Å². The maximum absolute atomic E-state index is 12.0. The molecule has 1 aliphatic heterocycles. The number of aryl methyl sites for hydroxylation is 1. The second kappa shape index (κ2) is 4.87. The molecule has 1 aromatic carbocycles. The Bertz CT molecular complexity index is 737. The number of aromatic nitrogens is 1. The lowest BCUT2D eigenvalue weighted by Gasteiger charge is -2.12. The van der Waals surface area contributed by atoms with Gasteiger partial charge >= 0.3 is 0 Å². The highest BCUT2D eigenvalue weighted by molar-refractivity contribution is 6.30. The van der Waals surface area contributed by atoms with Crippen LogP contribution in [-0.4, -0.2) is 11.2 Å². The van der Waals surface area contributed by atoms with Gasteiger partial charge in [0.2, 0.25) is 0 Å². The summed E-state index contributed by atoms with van der Waals surface area (Å²) >= 11 is 6.12. The van der Waals surface area contributed by atoms with Crippen LogP contribution in [0.25, 0.3) is 0 Å². The molecule has 104 valence electrons. The van der Waals surface area contributed by atoms with Crippen LogP contribution in [0.2, 0.25) is 5.02 Å². The van der Waals surface area contributed by atoms with Gasteiger partial charge in [0, 0.05) is 29.3 Å². The molecular formula is C15H15ClN2O2. The van der Waals surface area contributed by atoms with Crippen molar-refractivity contribution in [2.75, 3.05) is 12.3 Å². The van der Waals surface area contributed by atoms with E-state index < -0.39 is 0 Å². The molecule has 2 aromatic rings. The van der Waals surface area contributed by atoms with Crippen molar-refractivity contribution in [3.8, 4) is 5.75 Å². The minimum atomic E-state index is -0.0802. The number of hydrogen-bond donors (Lipinski definition) is 1. The maximum Gasteiger partial charge on any atom is 0.251 e. The van der Waals surface area contributed by atoms with Gasteiger partial charge in [0.15, 0.2) is 0 Å². The van der Waals surface area contributed by atoms with Gasteiger partial charge in [-0.2, -0.15) is 0 Å². The average molecular weight is 291 g/mol. The minimum absolute atomic E-state index is 0.0802. The van der Waals surface area contributed by atoms with Crippen molar-refractivity contribution >= 4 is 17.3 Å². The van der Waals surface area contributed by atoms with E-state index in [1.165, 1.54) is 0 Å². The van der Waals surface area contributed by atoms with Crippen LogP contribution in [0.4, 0.5) is 5.69 Å². The number of anilines is 1. The first-order chi connectivity index (χ1) is 9.54. The highest BCUT2D eigenvalue weighted by atomic mass is 35.5. The summed E-state index contributed by atoms with van der Waals surface area (Å²) in [5.74, 6) is 0.848. The van der Waals surface area contributed by atoms with Crippen LogP contribution in [0.3, 0.4) is 0 Å². The summed E-state index contributed by atoms with van der Waals surface area (Å²) in [4.78, 5) is 12.0. The smallest absolute Gasteiger partial charge is 0.251 e. The van der Waals surface area contributed by atoms with Gasteiger partial charge in [-0.25, -0.2) is 0 Å². The van der Waals surface area contributed by atoms with Crippen molar-refractivity contribution in [1.29, 1.82) is 0 Å². The third-order valence-electron chi connectivity index (χ3n) is 3.54. The van der Waals surface area contributed by atoms with Crippen molar-refractivity contribution < 1.29 is 4.74 Å². The largest absolute Gasteiger partial charge is 0.493 e. The van der Waals surface area contributed by atoms with E-state index in [0.29, 0.717) is 23.9 Å². The molecule has 0 saturated heterocycles. The molecule has 1 aliphatic rings. The topological polar surface area (TPSA) is 57.2 Å². The van der Waals surface area contributed by atoms with Crippen LogP contribution in [0.1, 0.15) is 16.7 Å². The Labute approximate surface area is 121 Å². The molecule has 0 unspecified atom stereocenters.